The Hall–Kier alpha value is -0.870. The first-order valence-corrected chi connectivity index (χ1v) is 6.61. The molecule has 0 bridgehead atoms. The summed E-state index contributed by atoms with van der Waals surface area (Å²) in [6, 6.07) is 6.23. The van der Waals surface area contributed by atoms with Crippen LogP contribution in [0.3, 0.4) is 0 Å². The highest BCUT2D eigenvalue weighted by Gasteiger charge is 2.06. The van der Waals surface area contributed by atoms with Gasteiger partial charge in [0.2, 0.25) is 5.91 Å². The molecular weight excluding hydrogens is 280 g/mol. The average molecular weight is 299 g/mol. The van der Waals surface area contributed by atoms with E-state index in [1.165, 1.54) is 0 Å². The molecule has 0 heterocycles. The number of carbonyl (C=O) groups is 1. The van der Waals surface area contributed by atoms with Crippen LogP contribution >= 0.6 is 15.9 Å². The zero-order valence-electron chi connectivity index (χ0n) is 10.5. The largest absolute Gasteiger partial charge is 0.324 e. The van der Waals surface area contributed by atoms with Crippen molar-refractivity contribution >= 4 is 27.5 Å². The molecule has 3 nitrogen and oxygen atoms in total. The number of halogens is 1. The molecule has 0 fully saturated rings. The van der Waals surface area contributed by atoms with Gasteiger partial charge < -0.3 is 10.6 Å². The van der Waals surface area contributed by atoms with Crippen molar-refractivity contribution in [3.05, 3.63) is 28.2 Å². The summed E-state index contributed by atoms with van der Waals surface area (Å²) in [6.07, 6.45) is 1.02. The van der Waals surface area contributed by atoms with Crippen LogP contribution in [0.5, 0.6) is 0 Å². The second-order valence-corrected chi connectivity index (χ2v) is 5.08. The fourth-order valence-corrected chi connectivity index (χ4v) is 1.92. The van der Waals surface area contributed by atoms with E-state index >= 15 is 0 Å². The number of benzene rings is 1. The van der Waals surface area contributed by atoms with Gasteiger partial charge in [0, 0.05) is 10.5 Å². The Labute approximate surface area is 111 Å². The third kappa shape index (κ3) is 4.88. The summed E-state index contributed by atoms with van der Waals surface area (Å²) >= 11 is 3.43. The molecule has 1 rings (SSSR count). The summed E-state index contributed by atoms with van der Waals surface area (Å²) in [5, 5.41) is 6.02. The molecule has 0 saturated heterocycles. The van der Waals surface area contributed by atoms with Gasteiger partial charge in [-0.1, -0.05) is 13.0 Å². The predicted molar refractivity (Wildman–Crippen MR) is 75.3 cm³/mol. The Kier molecular flexibility index (Phi) is 5.65. The summed E-state index contributed by atoms with van der Waals surface area (Å²) in [4.78, 5) is 11.7. The van der Waals surface area contributed by atoms with Crippen molar-refractivity contribution < 1.29 is 4.79 Å². The molecule has 0 aliphatic heterocycles. The summed E-state index contributed by atoms with van der Waals surface area (Å²) < 4.78 is 0.911. The monoisotopic (exact) mass is 298 g/mol. The van der Waals surface area contributed by atoms with Gasteiger partial charge in [0.25, 0.3) is 0 Å². The van der Waals surface area contributed by atoms with E-state index in [0.29, 0.717) is 12.6 Å². The number of amides is 1. The fraction of sp³-hybridized carbons (Fsp3) is 0.462. The Morgan fingerprint density at radius 3 is 2.76 bits per heavy atom. The van der Waals surface area contributed by atoms with Gasteiger partial charge >= 0.3 is 0 Å². The first-order valence-electron chi connectivity index (χ1n) is 5.82. The van der Waals surface area contributed by atoms with Crippen LogP contribution in [-0.2, 0) is 4.79 Å². The SMILES string of the molecule is CCC(C)NCC(=O)Nc1ccc(C)cc1Br. The molecular formula is C13H19BrN2O. The molecule has 0 aliphatic rings. The first kappa shape index (κ1) is 14.2. The van der Waals surface area contributed by atoms with Gasteiger partial charge in [-0.15, -0.1) is 0 Å². The molecule has 0 aliphatic carbocycles. The van der Waals surface area contributed by atoms with Gasteiger partial charge in [0.1, 0.15) is 0 Å². The van der Waals surface area contributed by atoms with Crippen LogP contribution in [0.25, 0.3) is 0 Å². The molecule has 17 heavy (non-hydrogen) atoms. The molecule has 0 saturated carbocycles. The highest BCUT2D eigenvalue weighted by Crippen LogP contribution is 2.23. The number of rotatable bonds is 5. The van der Waals surface area contributed by atoms with Gasteiger partial charge in [0.15, 0.2) is 0 Å². The van der Waals surface area contributed by atoms with Gasteiger partial charge in [-0.25, -0.2) is 0 Å². The molecule has 1 atom stereocenters. The third-order valence-corrected chi connectivity index (χ3v) is 3.28. The fourth-order valence-electron chi connectivity index (χ4n) is 1.33. The average Bonchev–Trinajstić information content (AvgIpc) is 2.29. The highest BCUT2D eigenvalue weighted by molar-refractivity contribution is 9.10. The number of hydrogen-bond acceptors (Lipinski definition) is 2. The lowest BCUT2D eigenvalue weighted by Crippen LogP contribution is -2.34. The van der Waals surface area contributed by atoms with Crippen LogP contribution in [0, 0.1) is 6.92 Å². The van der Waals surface area contributed by atoms with Crippen LogP contribution in [0.15, 0.2) is 22.7 Å². The van der Waals surface area contributed by atoms with E-state index in [1.807, 2.05) is 25.1 Å². The lowest BCUT2D eigenvalue weighted by atomic mass is 10.2. The molecule has 0 radical (unpaired) electrons. The topological polar surface area (TPSA) is 41.1 Å². The zero-order chi connectivity index (χ0) is 12.8. The third-order valence-electron chi connectivity index (χ3n) is 2.62. The number of aryl methyl sites for hydroxylation is 1. The number of hydrogen-bond donors (Lipinski definition) is 2. The second-order valence-electron chi connectivity index (χ2n) is 4.22. The Morgan fingerprint density at radius 2 is 2.18 bits per heavy atom. The van der Waals surface area contributed by atoms with E-state index in [1.54, 1.807) is 0 Å². The summed E-state index contributed by atoms with van der Waals surface area (Å²) in [5.41, 5.74) is 1.97. The second kappa shape index (κ2) is 6.77. The number of nitrogens with one attached hydrogen (secondary N) is 2. The summed E-state index contributed by atoms with van der Waals surface area (Å²) in [5.74, 6) is -0.0187. The minimum atomic E-state index is -0.0187. The molecule has 4 heteroatoms. The standard InChI is InChI=1S/C13H19BrN2O/c1-4-10(3)15-8-13(17)16-12-6-5-9(2)7-11(12)14/h5-7,10,15H,4,8H2,1-3H3,(H,16,17). The molecule has 2 N–H and O–H groups in total. The van der Waals surface area contributed by atoms with Gasteiger partial charge in [-0.2, -0.15) is 0 Å². The van der Waals surface area contributed by atoms with Crippen molar-refractivity contribution in [3.63, 3.8) is 0 Å². The summed E-state index contributed by atoms with van der Waals surface area (Å²) in [7, 11) is 0. The van der Waals surface area contributed by atoms with Crippen LogP contribution in [-0.4, -0.2) is 18.5 Å². The van der Waals surface area contributed by atoms with Crippen LogP contribution in [0.1, 0.15) is 25.8 Å². The lowest BCUT2D eigenvalue weighted by molar-refractivity contribution is -0.115. The maximum Gasteiger partial charge on any atom is 0.238 e. The lowest BCUT2D eigenvalue weighted by Gasteiger charge is -2.12. The number of carbonyl (C=O) groups excluding carboxylic acids is 1. The summed E-state index contributed by atoms with van der Waals surface area (Å²) in [6.45, 7) is 6.51. The molecule has 1 aromatic carbocycles. The molecule has 94 valence electrons. The van der Waals surface area contributed by atoms with Crippen molar-refractivity contribution in [2.45, 2.75) is 33.2 Å². The van der Waals surface area contributed by atoms with Gasteiger partial charge in [-0.3, -0.25) is 4.79 Å². The van der Waals surface area contributed by atoms with E-state index in [0.717, 1.165) is 22.1 Å². The molecule has 1 aromatic rings. The minimum Gasteiger partial charge on any atom is -0.324 e. The first-order chi connectivity index (χ1) is 8.02. The van der Waals surface area contributed by atoms with Crippen LogP contribution in [0.4, 0.5) is 5.69 Å². The smallest absolute Gasteiger partial charge is 0.238 e. The normalized spacial score (nSPS) is 12.2. The van der Waals surface area contributed by atoms with Crippen LogP contribution < -0.4 is 10.6 Å². The van der Waals surface area contributed by atoms with Crippen molar-refractivity contribution in [3.8, 4) is 0 Å². The van der Waals surface area contributed by atoms with E-state index in [9.17, 15) is 4.79 Å². The Morgan fingerprint density at radius 1 is 1.47 bits per heavy atom. The molecule has 0 spiro atoms. The van der Waals surface area contributed by atoms with E-state index in [-0.39, 0.29) is 5.91 Å². The van der Waals surface area contributed by atoms with E-state index in [2.05, 4.69) is 40.4 Å². The van der Waals surface area contributed by atoms with Crippen LogP contribution in [0.2, 0.25) is 0 Å². The Bertz CT molecular complexity index is 393. The minimum absolute atomic E-state index is 0.0187. The predicted octanol–water partition coefficient (Wildman–Crippen LogP) is 3.08. The van der Waals surface area contributed by atoms with Crippen molar-refractivity contribution in [2.75, 3.05) is 11.9 Å². The maximum atomic E-state index is 11.7. The van der Waals surface area contributed by atoms with E-state index < -0.39 is 0 Å². The zero-order valence-corrected chi connectivity index (χ0v) is 12.1. The quantitative estimate of drug-likeness (QED) is 0.877. The Balaban J connectivity index is 2.50. The maximum absolute atomic E-state index is 11.7. The van der Waals surface area contributed by atoms with Crippen molar-refractivity contribution in [1.82, 2.24) is 5.32 Å². The van der Waals surface area contributed by atoms with Gasteiger partial charge in [-0.05, 0) is 53.9 Å². The molecule has 0 aromatic heterocycles. The molecule has 1 unspecified atom stereocenters. The van der Waals surface area contributed by atoms with Crippen molar-refractivity contribution in [2.24, 2.45) is 0 Å². The van der Waals surface area contributed by atoms with Crippen molar-refractivity contribution in [1.29, 1.82) is 0 Å². The number of anilines is 1. The molecule has 1 amide bonds. The van der Waals surface area contributed by atoms with Gasteiger partial charge in [0.05, 0.1) is 12.2 Å². The van der Waals surface area contributed by atoms with E-state index in [4.69, 9.17) is 0 Å². The highest BCUT2D eigenvalue weighted by atomic mass is 79.9.